The molecule has 1 N–H and O–H groups in total. The van der Waals surface area contributed by atoms with E-state index in [4.69, 9.17) is 16.3 Å². The van der Waals surface area contributed by atoms with Gasteiger partial charge in [0.2, 0.25) is 0 Å². The lowest BCUT2D eigenvalue weighted by molar-refractivity contribution is 0.0882. The highest BCUT2D eigenvalue weighted by Crippen LogP contribution is 2.23. The molecule has 0 aliphatic carbocycles. The molecule has 2 atom stereocenters. The summed E-state index contributed by atoms with van der Waals surface area (Å²) in [5.74, 6) is -0.171. The van der Waals surface area contributed by atoms with Gasteiger partial charge in [-0.3, -0.25) is 9.48 Å². The fraction of sp³-hybridized carbons (Fsp3) is 0.667. The van der Waals surface area contributed by atoms with E-state index >= 15 is 0 Å². The molecule has 1 fully saturated rings. The van der Waals surface area contributed by atoms with Crippen molar-refractivity contribution in [2.75, 3.05) is 19.8 Å². The lowest BCUT2D eigenvalue weighted by atomic mass is 9.96. The molecule has 0 amide bonds. The normalized spacial score (nSPS) is 23.5. The van der Waals surface area contributed by atoms with E-state index in [2.05, 4.69) is 17.3 Å². The molecule has 1 aliphatic rings. The molecule has 2 unspecified atom stereocenters. The van der Waals surface area contributed by atoms with Crippen LogP contribution in [0.1, 0.15) is 23.8 Å². The number of nitrogens with one attached hydrogen (secondary N) is 1. The molecule has 1 saturated heterocycles. The molecule has 0 saturated carbocycles. The maximum atomic E-state index is 12.5. The molecule has 2 heterocycles. The van der Waals surface area contributed by atoms with Crippen molar-refractivity contribution in [1.29, 1.82) is 0 Å². The van der Waals surface area contributed by atoms with E-state index in [1.165, 1.54) is 10.9 Å². The molecular formula is C12H18ClN3O2. The minimum atomic E-state index is -0.176. The number of ketones is 1. The van der Waals surface area contributed by atoms with Gasteiger partial charge in [-0.2, -0.15) is 5.10 Å². The largest absolute Gasteiger partial charge is 0.379 e. The summed E-state index contributed by atoms with van der Waals surface area (Å²) >= 11 is 6.01. The minimum Gasteiger partial charge on any atom is -0.379 e. The Balaban J connectivity index is 2.13. The third kappa shape index (κ3) is 2.58. The molecule has 0 aromatic carbocycles. The average Bonchev–Trinajstić information content (AvgIpc) is 2.93. The van der Waals surface area contributed by atoms with Crippen LogP contribution in [-0.2, 0) is 11.8 Å². The Labute approximate surface area is 111 Å². The number of hydrogen-bond acceptors (Lipinski definition) is 4. The third-order valence-electron chi connectivity index (χ3n) is 3.20. The quantitative estimate of drug-likeness (QED) is 0.820. The topological polar surface area (TPSA) is 56.1 Å². The number of carbonyl (C=O) groups excluding carboxylic acids is 1. The van der Waals surface area contributed by atoms with Crippen molar-refractivity contribution < 1.29 is 9.53 Å². The standard InChI is InChI=1S/C12H18ClN3O2/c1-3-4-14-10-7-18-6-8(10)12(17)11-9(13)5-15-16(11)2/h5,8,10,14H,3-4,6-7H2,1-2H3. The first kappa shape index (κ1) is 13.5. The molecular weight excluding hydrogens is 254 g/mol. The number of halogens is 1. The van der Waals surface area contributed by atoms with E-state index in [-0.39, 0.29) is 17.7 Å². The molecule has 6 heteroatoms. The number of nitrogens with zero attached hydrogens (tertiary/aromatic N) is 2. The number of aryl methyl sites for hydroxylation is 1. The van der Waals surface area contributed by atoms with Crippen molar-refractivity contribution in [3.05, 3.63) is 16.9 Å². The second kappa shape index (κ2) is 5.82. The zero-order valence-electron chi connectivity index (χ0n) is 10.6. The van der Waals surface area contributed by atoms with Crippen LogP contribution < -0.4 is 5.32 Å². The summed E-state index contributed by atoms with van der Waals surface area (Å²) in [6.45, 7) is 4.00. The Morgan fingerprint density at radius 3 is 3.06 bits per heavy atom. The first-order valence-electron chi connectivity index (χ1n) is 6.18. The van der Waals surface area contributed by atoms with E-state index in [0.29, 0.717) is 23.9 Å². The molecule has 100 valence electrons. The van der Waals surface area contributed by atoms with Gasteiger partial charge in [-0.15, -0.1) is 0 Å². The number of carbonyl (C=O) groups is 1. The second-order valence-electron chi connectivity index (χ2n) is 4.53. The van der Waals surface area contributed by atoms with Crippen molar-refractivity contribution in [2.45, 2.75) is 19.4 Å². The van der Waals surface area contributed by atoms with Gasteiger partial charge in [0.1, 0.15) is 5.69 Å². The SMILES string of the molecule is CCCNC1COCC1C(=O)c1c(Cl)cnn1C. The first-order chi connectivity index (χ1) is 8.65. The van der Waals surface area contributed by atoms with Crippen molar-refractivity contribution in [3.63, 3.8) is 0 Å². The predicted molar refractivity (Wildman–Crippen MR) is 68.9 cm³/mol. The molecule has 2 rings (SSSR count). The molecule has 0 radical (unpaired) electrons. The van der Waals surface area contributed by atoms with Gasteiger partial charge in [-0.05, 0) is 13.0 Å². The average molecular weight is 272 g/mol. The van der Waals surface area contributed by atoms with E-state index in [9.17, 15) is 4.79 Å². The monoisotopic (exact) mass is 271 g/mol. The van der Waals surface area contributed by atoms with Crippen molar-refractivity contribution in [2.24, 2.45) is 13.0 Å². The van der Waals surface area contributed by atoms with E-state index in [1.807, 2.05) is 0 Å². The maximum absolute atomic E-state index is 12.5. The zero-order valence-corrected chi connectivity index (χ0v) is 11.4. The number of hydrogen-bond donors (Lipinski definition) is 1. The molecule has 1 aromatic heterocycles. The molecule has 1 aliphatic heterocycles. The van der Waals surface area contributed by atoms with Crippen LogP contribution in [0.5, 0.6) is 0 Å². The summed E-state index contributed by atoms with van der Waals surface area (Å²) in [7, 11) is 1.73. The van der Waals surface area contributed by atoms with Gasteiger partial charge in [0.25, 0.3) is 0 Å². The summed E-state index contributed by atoms with van der Waals surface area (Å²) in [6, 6.07) is 0.0726. The summed E-state index contributed by atoms with van der Waals surface area (Å²) in [6.07, 6.45) is 2.53. The van der Waals surface area contributed by atoms with Crippen LogP contribution >= 0.6 is 11.6 Å². The van der Waals surface area contributed by atoms with Gasteiger partial charge in [0.05, 0.1) is 30.4 Å². The molecule has 0 spiro atoms. The van der Waals surface area contributed by atoms with Gasteiger partial charge in [0, 0.05) is 13.1 Å². The van der Waals surface area contributed by atoms with E-state index in [1.54, 1.807) is 7.05 Å². The first-order valence-corrected chi connectivity index (χ1v) is 6.55. The van der Waals surface area contributed by atoms with Crippen LogP contribution in [0.3, 0.4) is 0 Å². The van der Waals surface area contributed by atoms with Crippen LogP contribution in [0.4, 0.5) is 0 Å². The third-order valence-corrected chi connectivity index (χ3v) is 3.48. The molecule has 1 aromatic rings. The van der Waals surface area contributed by atoms with Gasteiger partial charge in [0.15, 0.2) is 5.78 Å². The van der Waals surface area contributed by atoms with Gasteiger partial charge < -0.3 is 10.1 Å². The smallest absolute Gasteiger partial charge is 0.189 e. The van der Waals surface area contributed by atoms with Crippen LogP contribution in [0, 0.1) is 5.92 Å². The number of rotatable bonds is 5. The highest BCUT2D eigenvalue weighted by atomic mass is 35.5. The molecule has 18 heavy (non-hydrogen) atoms. The fourth-order valence-corrected chi connectivity index (χ4v) is 2.47. The summed E-state index contributed by atoms with van der Waals surface area (Å²) in [5.41, 5.74) is 0.468. The fourth-order valence-electron chi connectivity index (χ4n) is 2.21. The highest BCUT2D eigenvalue weighted by molar-refractivity contribution is 6.33. The van der Waals surface area contributed by atoms with Crippen LogP contribution in [0.25, 0.3) is 0 Å². The molecule has 5 nitrogen and oxygen atoms in total. The minimum absolute atomic E-state index is 0.00565. The van der Waals surface area contributed by atoms with Gasteiger partial charge in [-0.1, -0.05) is 18.5 Å². The predicted octanol–water partition coefficient (Wildman–Crippen LogP) is 1.27. The Hall–Kier alpha value is -0.910. The lowest BCUT2D eigenvalue weighted by Crippen LogP contribution is -2.40. The van der Waals surface area contributed by atoms with Crippen molar-refractivity contribution >= 4 is 17.4 Å². The Kier molecular flexibility index (Phi) is 4.37. The molecule has 0 bridgehead atoms. The van der Waals surface area contributed by atoms with Crippen LogP contribution in [-0.4, -0.2) is 41.4 Å². The van der Waals surface area contributed by atoms with Crippen LogP contribution in [0.2, 0.25) is 5.02 Å². The summed E-state index contributed by atoms with van der Waals surface area (Å²) in [4.78, 5) is 12.5. The lowest BCUT2D eigenvalue weighted by Gasteiger charge is -2.17. The number of Topliss-reactive ketones (excluding diaryl/α,β-unsaturated/α-hetero) is 1. The van der Waals surface area contributed by atoms with Crippen LogP contribution in [0.15, 0.2) is 6.20 Å². The number of ether oxygens (including phenoxy) is 1. The highest BCUT2D eigenvalue weighted by Gasteiger charge is 2.36. The van der Waals surface area contributed by atoms with Crippen molar-refractivity contribution in [3.8, 4) is 0 Å². The summed E-state index contributed by atoms with van der Waals surface area (Å²) in [5, 5.41) is 7.75. The Bertz CT molecular complexity index is 413. The second-order valence-corrected chi connectivity index (χ2v) is 4.94. The maximum Gasteiger partial charge on any atom is 0.189 e. The van der Waals surface area contributed by atoms with Gasteiger partial charge in [-0.25, -0.2) is 0 Å². The number of aromatic nitrogens is 2. The van der Waals surface area contributed by atoms with E-state index in [0.717, 1.165) is 13.0 Å². The van der Waals surface area contributed by atoms with Crippen molar-refractivity contribution in [1.82, 2.24) is 15.1 Å². The summed E-state index contributed by atoms with van der Waals surface area (Å²) < 4.78 is 6.94. The Morgan fingerprint density at radius 2 is 2.44 bits per heavy atom. The van der Waals surface area contributed by atoms with Gasteiger partial charge >= 0.3 is 0 Å². The Morgan fingerprint density at radius 1 is 1.67 bits per heavy atom. The zero-order chi connectivity index (χ0) is 13.1. The van der Waals surface area contributed by atoms with E-state index < -0.39 is 0 Å².